The SMILES string of the molecule is CC(C)(O)C(F)CNC(=O)c1cnc(-n2c3ncc(C#N)cc3c[n+]2C2COCC(Nc3cc(-n4ncc5cc(C#N)cnc54)ncc3C(=O)NCC(F)C(C)(C)O)C2)cc1NC1CCOCC1. The molecule has 8 heterocycles. The van der Waals surface area contributed by atoms with Crippen LogP contribution in [0, 0.1) is 22.7 Å². The molecule has 0 saturated carbocycles. The summed E-state index contributed by atoms with van der Waals surface area (Å²) in [5, 5.41) is 57.3. The minimum absolute atomic E-state index is 0.0560. The fourth-order valence-electron chi connectivity index (χ4n) is 7.92. The van der Waals surface area contributed by atoms with Crippen molar-refractivity contribution in [2.75, 3.05) is 50.2 Å². The third-order valence-corrected chi connectivity index (χ3v) is 11.9. The molecule has 4 unspecified atom stereocenters. The van der Waals surface area contributed by atoms with Crippen molar-refractivity contribution in [2.45, 2.75) is 88.6 Å². The maximum atomic E-state index is 14.8. The van der Waals surface area contributed by atoms with Crippen LogP contribution in [0.1, 0.15) is 84.8 Å². The van der Waals surface area contributed by atoms with E-state index in [2.05, 4.69) is 53.5 Å². The highest BCUT2D eigenvalue weighted by Crippen LogP contribution is 2.29. The van der Waals surface area contributed by atoms with Crippen molar-refractivity contribution < 1.29 is 42.7 Å². The Morgan fingerprint density at radius 1 is 0.765 bits per heavy atom. The maximum absolute atomic E-state index is 14.8. The molecule has 4 atom stereocenters. The van der Waals surface area contributed by atoms with Gasteiger partial charge in [0.25, 0.3) is 11.8 Å². The molecule has 2 aliphatic heterocycles. The number of aliphatic hydroxyl groups is 2. The zero-order valence-corrected chi connectivity index (χ0v) is 37.8. The second kappa shape index (κ2) is 19.5. The van der Waals surface area contributed by atoms with Gasteiger partial charge in [0.15, 0.2) is 17.3 Å². The van der Waals surface area contributed by atoms with E-state index in [4.69, 9.17) is 14.5 Å². The molecule has 8 rings (SSSR count). The molecular formula is C46H51F2N14O6+. The average molecular weight is 934 g/mol. The summed E-state index contributed by atoms with van der Waals surface area (Å²) in [7, 11) is 0. The summed E-state index contributed by atoms with van der Waals surface area (Å²) in [4.78, 5) is 45.7. The number of carbonyl (C=O) groups is 2. The van der Waals surface area contributed by atoms with Gasteiger partial charge >= 0.3 is 0 Å². The van der Waals surface area contributed by atoms with Crippen LogP contribution < -0.4 is 25.9 Å². The van der Waals surface area contributed by atoms with Crippen LogP contribution in [0.3, 0.4) is 0 Å². The molecule has 20 nitrogen and oxygen atoms in total. The monoisotopic (exact) mass is 933 g/mol. The molecule has 6 aromatic heterocycles. The first-order valence-electron chi connectivity index (χ1n) is 22.1. The molecule has 6 aromatic rings. The van der Waals surface area contributed by atoms with E-state index in [1.807, 2.05) is 10.9 Å². The molecule has 2 aliphatic rings. The topological polar surface area (TPSA) is 267 Å². The molecule has 0 aliphatic carbocycles. The number of anilines is 2. The highest BCUT2D eigenvalue weighted by molar-refractivity contribution is 6.00. The van der Waals surface area contributed by atoms with Crippen molar-refractivity contribution in [2.24, 2.45) is 0 Å². The zero-order valence-electron chi connectivity index (χ0n) is 37.8. The second-order valence-corrected chi connectivity index (χ2v) is 18.0. The van der Waals surface area contributed by atoms with E-state index in [1.54, 1.807) is 35.1 Å². The molecule has 0 aromatic carbocycles. The number of halogens is 2. The van der Waals surface area contributed by atoms with Crippen molar-refractivity contribution in [3.05, 3.63) is 83.7 Å². The minimum atomic E-state index is -1.77. The zero-order chi connectivity index (χ0) is 48.3. The van der Waals surface area contributed by atoms with Gasteiger partial charge < -0.3 is 41.0 Å². The van der Waals surface area contributed by atoms with Crippen molar-refractivity contribution >= 4 is 45.3 Å². The van der Waals surface area contributed by atoms with Gasteiger partial charge in [0, 0.05) is 68.0 Å². The number of pyridine rings is 4. The Labute approximate surface area is 388 Å². The van der Waals surface area contributed by atoms with Crippen LogP contribution in [0.25, 0.3) is 33.7 Å². The Morgan fingerprint density at radius 3 is 1.93 bits per heavy atom. The lowest BCUT2D eigenvalue weighted by molar-refractivity contribution is -0.791. The Morgan fingerprint density at radius 2 is 1.32 bits per heavy atom. The van der Waals surface area contributed by atoms with Crippen LogP contribution in [0.5, 0.6) is 0 Å². The Balaban J connectivity index is 1.14. The first-order chi connectivity index (χ1) is 32.5. The molecule has 6 N–H and O–H groups in total. The highest BCUT2D eigenvalue weighted by atomic mass is 19.1. The van der Waals surface area contributed by atoms with E-state index in [9.17, 15) is 39.1 Å². The van der Waals surface area contributed by atoms with E-state index in [1.165, 1.54) is 57.2 Å². The van der Waals surface area contributed by atoms with Crippen LogP contribution in [0.4, 0.5) is 20.2 Å². The Bertz CT molecular complexity index is 2930. The van der Waals surface area contributed by atoms with Crippen molar-refractivity contribution in [3.63, 3.8) is 0 Å². The number of hydrogen-bond donors (Lipinski definition) is 6. The van der Waals surface area contributed by atoms with Crippen LogP contribution in [0.15, 0.2) is 61.4 Å². The number of rotatable bonds is 15. The van der Waals surface area contributed by atoms with Gasteiger partial charge in [-0.05, 0) is 52.7 Å². The minimum Gasteiger partial charge on any atom is -0.387 e. The molecule has 0 radical (unpaired) electrons. The first-order valence-corrected chi connectivity index (χ1v) is 22.1. The third-order valence-electron chi connectivity index (χ3n) is 11.9. The van der Waals surface area contributed by atoms with Crippen LogP contribution in [-0.4, -0.2) is 132 Å². The van der Waals surface area contributed by atoms with E-state index in [-0.39, 0.29) is 36.2 Å². The van der Waals surface area contributed by atoms with Gasteiger partial charge in [-0.15, -0.1) is 4.68 Å². The molecule has 2 saturated heterocycles. The molecule has 22 heteroatoms. The normalized spacial score (nSPS) is 17.8. The number of amides is 2. The third kappa shape index (κ3) is 10.3. The van der Waals surface area contributed by atoms with Gasteiger partial charge in [0.2, 0.25) is 17.9 Å². The maximum Gasteiger partial charge on any atom is 0.255 e. The fraction of sp³-hybridized carbons (Fsp3) is 0.435. The molecule has 2 fully saturated rings. The van der Waals surface area contributed by atoms with E-state index < -0.39 is 60.5 Å². The van der Waals surface area contributed by atoms with Gasteiger partial charge in [0.1, 0.15) is 31.1 Å². The predicted molar refractivity (Wildman–Crippen MR) is 242 cm³/mol. The quantitative estimate of drug-likeness (QED) is 0.0807. The lowest BCUT2D eigenvalue weighted by atomic mass is 10.0. The fourth-order valence-corrected chi connectivity index (χ4v) is 7.92. The summed E-state index contributed by atoms with van der Waals surface area (Å²) >= 11 is 0. The lowest BCUT2D eigenvalue weighted by Crippen LogP contribution is -2.53. The summed E-state index contributed by atoms with van der Waals surface area (Å²) in [6.45, 7) is 5.83. The van der Waals surface area contributed by atoms with Gasteiger partial charge in [-0.2, -0.15) is 20.3 Å². The number of fused-ring (bicyclic) bond motifs is 2. The summed E-state index contributed by atoms with van der Waals surface area (Å²) < 4.78 is 46.5. The Hall–Kier alpha value is -7.24. The number of carbonyl (C=O) groups excluding carboxylic acids is 2. The number of alkyl halides is 2. The summed E-state index contributed by atoms with van der Waals surface area (Å²) in [6, 6.07) is 9.93. The largest absolute Gasteiger partial charge is 0.387 e. The number of nitrogens with one attached hydrogen (secondary N) is 4. The van der Waals surface area contributed by atoms with Crippen molar-refractivity contribution in [1.29, 1.82) is 10.5 Å². The van der Waals surface area contributed by atoms with E-state index in [0.717, 1.165) is 0 Å². The number of nitrogens with zero attached hydrogens (tertiary/aromatic N) is 10. The number of ether oxygens (including phenoxy) is 2. The highest BCUT2D eigenvalue weighted by Gasteiger charge is 2.36. The summed E-state index contributed by atoms with van der Waals surface area (Å²) in [5.74, 6) is -0.609. The smallest absolute Gasteiger partial charge is 0.255 e. The van der Waals surface area contributed by atoms with Gasteiger partial charge in [-0.3, -0.25) is 9.59 Å². The van der Waals surface area contributed by atoms with Crippen LogP contribution >= 0.6 is 0 Å². The van der Waals surface area contributed by atoms with E-state index >= 15 is 0 Å². The molecular weight excluding hydrogens is 883 g/mol. The standard InChI is InChI=1S/C46H50F2N14O6/c1-45(2,65)37(47)21-55-43(63)33-19-51-39(61-41-28(18-57-61)9-26(14-49)16-53-41)12-35(33)59-31-11-32(25-68-24-31)60-23-29-10-27(15-50)17-54-42(29)62(60)40-13-36(58-30-5-7-67-8-6-30)34(20-52-40)44(64)56-22-38(48)46(3,4)66/h9-10,12-13,16-20,23,30-32,37-38,65-66H,5-8,11,21-22,24-25H2,1-4H3,(H3-,51,52,55,56,58,59,63,64)/p+1. The van der Waals surface area contributed by atoms with E-state index in [0.29, 0.717) is 82.9 Å². The van der Waals surface area contributed by atoms with Crippen molar-refractivity contribution in [3.8, 4) is 23.8 Å². The van der Waals surface area contributed by atoms with Gasteiger partial charge in [0.05, 0.1) is 82.2 Å². The average Bonchev–Trinajstić information content (AvgIpc) is 3.93. The lowest BCUT2D eigenvalue weighted by Gasteiger charge is -2.28. The van der Waals surface area contributed by atoms with Crippen molar-refractivity contribution in [1.82, 2.24) is 45.0 Å². The summed E-state index contributed by atoms with van der Waals surface area (Å²) in [6.07, 6.45) is 7.20. The number of nitriles is 2. The molecule has 0 spiro atoms. The predicted octanol–water partition coefficient (Wildman–Crippen LogP) is 3.29. The number of hydrogen-bond acceptors (Lipinski definition) is 15. The first kappa shape index (κ1) is 47.3. The second-order valence-electron chi connectivity index (χ2n) is 18.0. The van der Waals surface area contributed by atoms with Gasteiger partial charge in [-0.25, -0.2) is 28.7 Å². The summed E-state index contributed by atoms with van der Waals surface area (Å²) in [5.41, 5.74) is -0.885. The molecule has 2 amide bonds. The molecule has 0 bridgehead atoms. The van der Waals surface area contributed by atoms with Gasteiger partial charge in [-0.1, -0.05) is 4.68 Å². The Kier molecular flexibility index (Phi) is 13.6. The molecule has 68 heavy (non-hydrogen) atoms. The van der Waals surface area contributed by atoms with Crippen LogP contribution in [-0.2, 0) is 9.47 Å². The molecule has 354 valence electrons. The number of aromatic nitrogens is 8. The van der Waals surface area contributed by atoms with Crippen LogP contribution in [0.2, 0.25) is 0 Å².